The molecule has 0 saturated heterocycles. The lowest BCUT2D eigenvalue weighted by Crippen LogP contribution is -2.42. The van der Waals surface area contributed by atoms with Gasteiger partial charge >= 0.3 is 0 Å². The van der Waals surface area contributed by atoms with Gasteiger partial charge in [-0.3, -0.25) is 9.10 Å². The van der Waals surface area contributed by atoms with Crippen LogP contribution in [-0.4, -0.2) is 27.4 Å². The van der Waals surface area contributed by atoms with E-state index in [9.17, 15) is 13.2 Å². The molecule has 33 heavy (non-hydrogen) atoms. The van der Waals surface area contributed by atoms with Gasteiger partial charge in [0, 0.05) is 6.54 Å². The molecule has 0 heterocycles. The zero-order chi connectivity index (χ0) is 23.8. The van der Waals surface area contributed by atoms with E-state index in [1.807, 2.05) is 44.2 Å². The fourth-order valence-corrected chi connectivity index (χ4v) is 5.10. The fourth-order valence-electron chi connectivity index (χ4n) is 3.67. The summed E-state index contributed by atoms with van der Waals surface area (Å²) in [5.41, 5.74) is 3.73. The molecular formula is C27H32N2O3S. The number of rotatable bonds is 10. The van der Waals surface area contributed by atoms with Gasteiger partial charge in [-0.1, -0.05) is 67.9 Å². The molecule has 0 aromatic heterocycles. The van der Waals surface area contributed by atoms with Crippen LogP contribution in [0.25, 0.3) is 0 Å². The number of nitrogens with zero attached hydrogens (tertiary/aromatic N) is 1. The molecule has 0 aliphatic heterocycles. The van der Waals surface area contributed by atoms with Crippen molar-refractivity contribution in [2.24, 2.45) is 5.92 Å². The van der Waals surface area contributed by atoms with Crippen molar-refractivity contribution in [3.63, 3.8) is 0 Å². The number of amides is 1. The molecule has 1 amide bonds. The van der Waals surface area contributed by atoms with Crippen molar-refractivity contribution >= 4 is 21.6 Å². The van der Waals surface area contributed by atoms with Crippen LogP contribution in [-0.2, 0) is 21.2 Å². The summed E-state index contributed by atoms with van der Waals surface area (Å²) in [7, 11) is -3.90. The molecule has 0 fully saturated rings. The van der Waals surface area contributed by atoms with Crippen LogP contribution in [0.4, 0.5) is 5.69 Å². The van der Waals surface area contributed by atoms with Crippen LogP contribution >= 0.6 is 0 Å². The summed E-state index contributed by atoms with van der Waals surface area (Å²) < 4.78 is 28.1. The minimum atomic E-state index is -3.90. The number of carbonyl (C=O) groups is 1. The van der Waals surface area contributed by atoms with E-state index >= 15 is 0 Å². The quantitative estimate of drug-likeness (QED) is 0.465. The second-order valence-corrected chi connectivity index (χ2v) is 10.2. The highest BCUT2D eigenvalue weighted by molar-refractivity contribution is 7.92. The maximum absolute atomic E-state index is 13.4. The molecule has 0 saturated carbocycles. The summed E-state index contributed by atoms with van der Waals surface area (Å²) in [6.07, 6.45) is 1.78. The van der Waals surface area contributed by atoms with Crippen molar-refractivity contribution in [2.45, 2.75) is 38.5 Å². The van der Waals surface area contributed by atoms with E-state index in [0.29, 0.717) is 12.2 Å². The Labute approximate surface area is 197 Å². The fraction of sp³-hybridized carbons (Fsp3) is 0.296. The van der Waals surface area contributed by atoms with E-state index in [-0.39, 0.29) is 23.3 Å². The molecule has 3 aromatic carbocycles. The lowest BCUT2D eigenvalue weighted by Gasteiger charge is -2.25. The highest BCUT2D eigenvalue weighted by Gasteiger charge is 2.27. The van der Waals surface area contributed by atoms with Crippen molar-refractivity contribution in [1.29, 1.82) is 0 Å². The lowest BCUT2D eigenvalue weighted by molar-refractivity contribution is -0.119. The largest absolute Gasteiger partial charge is 0.354 e. The number of hydrogen-bond acceptors (Lipinski definition) is 3. The van der Waals surface area contributed by atoms with Crippen LogP contribution < -0.4 is 9.62 Å². The second kappa shape index (κ2) is 11.1. The Balaban J connectivity index is 1.78. The van der Waals surface area contributed by atoms with Gasteiger partial charge < -0.3 is 5.32 Å². The molecule has 3 aromatic rings. The maximum atomic E-state index is 13.4. The summed E-state index contributed by atoms with van der Waals surface area (Å²) in [6.45, 7) is 6.22. The first-order valence-corrected chi connectivity index (χ1v) is 12.7. The van der Waals surface area contributed by atoms with Crippen LogP contribution in [0.15, 0.2) is 83.8 Å². The predicted molar refractivity (Wildman–Crippen MR) is 134 cm³/mol. The van der Waals surface area contributed by atoms with Gasteiger partial charge in [-0.25, -0.2) is 8.42 Å². The van der Waals surface area contributed by atoms with Crippen LogP contribution in [0.5, 0.6) is 0 Å². The van der Waals surface area contributed by atoms with Crippen LogP contribution in [0, 0.1) is 19.8 Å². The summed E-state index contributed by atoms with van der Waals surface area (Å²) >= 11 is 0. The van der Waals surface area contributed by atoms with E-state index in [0.717, 1.165) is 24.0 Å². The molecule has 1 N–H and O–H groups in total. The molecule has 0 radical (unpaired) electrons. The lowest BCUT2D eigenvalue weighted by atomic mass is 9.97. The summed E-state index contributed by atoms with van der Waals surface area (Å²) in [4.78, 5) is 13.1. The SMILES string of the molecule is CCC(CNC(=O)CN(c1ccc(C)c(C)c1)S(=O)(=O)c1ccccc1)Cc1ccccc1. The third kappa shape index (κ3) is 6.45. The van der Waals surface area contributed by atoms with E-state index in [1.165, 1.54) is 9.87 Å². The van der Waals surface area contributed by atoms with Gasteiger partial charge in [-0.15, -0.1) is 0 Å². The zero-order valence-electron chi connectivity index (χ0n) is 19.5. The van der Waals surface area contributed by atoms with Gasteiger partial charge in [0.25, 0.3) is 10.0 Å². The molecule has 0 spiro atoms. The molecule has 174 valence electrons. The van der Waals surface area contributed by atoms with Crippen LogP contribution in [0.1, 0.15) is 30.0 Å². The summed E-state index contributed by atoms with van der Waals surface area (Å²) in [6, 6.07) is 23.8. The highest BCUT2D eigenvalue weighted by atomic mass is 32.2. The Hall–Kier alpha value is -3.12. The molecule has 0 aliphatic rings. The minimum absolute atomic E-state index is 0.159. The Morgan fingerprint density at radius 3 is 2.15 bits per heavy atom. The van der Waals surface area contributed by atoms with Gasteiger partial charge in [0.15, 0.2) is 0 Å². The third-order valence-electron chi connectivity index (χ3n) is 5.93. The Bertz CT molecular complexity index is 1160. The van der Waals surface area contributed by atoms with Crippen LogP contribution in [0.2, 0.25) is 0 Å². The molecule has 3 rings (SSSR count). The number of nitrogens with one attached hydrogen (secondary N) is 1. The first kappa shape index (κ1) is 24.5. The molecule has 5 nitrogen and oxygen atoms in total. The number of aryl methyl sites for hydroxylation is 2. The third-order valence-corrected chi connectivity index (χ3v) is 7.72. The van der Waals surface area contributed by atoms with Gasteiger partial charge in [-0.2, -0.15) is 0 Å². The van der Waals surface area contributed by atoms with E-state index in [4.69, 9.17) is 0 Å². The van der Waals surface area contributed by atoms with Gasteiger partial charge in [0.1, 0.15) is 6.54 Å². The van der Waals surface area contributed by atoms with E-state index in [2.05, 4.69) is 24.4 Å². The average Bonchev–Trinajstić information content (AvgIpc) is 2.83. The average molecular weight is 465 g/mol. The normalized spacial score (nSPS) is 12.2. The minimum Gasteiger partial charge on any atom is -0.354 e. The van der Waals surface area contributed by atoms with Crippen molar-refractivity contribution in [3.05, 3.63) is 95.6 Å². The number of sulfonamides is 1. The topological polar surface area (TPSA) is 66.5 Å². The number of carbonyl (C=O) groups excluding carboxylic acids is 1. The molecule has 1 atom stereocenters. The zero-order valence-corrected chi connectivity index (χ0v) is 20.3. The smallest absolute Gasteiger partial charge is 0.264 e. The Morgan fingerprint density at radius 2 is 1.55 bits per heavy atom. The monoisotopic (exact) mass is 464 g/mol. The van der Waals surface area contributed by atoms with Crippen LogP contribution in [0.3, 0.4) is 0 Å². The van der Waals surface area contributed by atoms with E-state index < -0.39 is 10.0 Å². The van der Waals surface area contributed by atoms with Crippen molar-refractivity contribution < 1.29 is 13.2 Å². The van der Waals surface area contributed by atoms with E-state index in [1.54, 1.807) is 36.4 Å². The molecule has 6 heteroatoms. The highest BCUT2D eigenvalue weighted by Crippen LogP contribution is 2.25. The van der Waals surface area contributed by atoms with Gasteiger partial charge in [0.2, 0.25) is 5.91 Å². The van der Waals surface area contributed by atoms with Crippen molar-refractivity contribution in [3.8, 4) is 0 Å². The Morgan fingerprint density at radius 1 is 0.909 bits per heavy atom. The molecule has 0 aliphatic carbocycles. The molecule has 0 bridgehead atoms. The first-order chi connectivity index (χ1) is 15.8. The number of anilines is 1. The molecule has 1 unspecified atom stereocenters. The van der Waals surface area contributed by atoms with Gasteiger partial charge in [-0.05, 0) is 67.1 Å². The van der Waals surface area contributed by atoms with Crippen molar-refractivity contribution in [2.75, 3.05) is 17.4 Å². The predicted octanol–water partition coefficient (Wildman–Crippen LogP) is 4.88. The second-order valence-electron chi connectivity index (χ2n) is 8.36. The molecular weight excluding hydrogens is 432 g/mol. The summed E-state index contributed by atoms with van der Waals surface area (Å²) in [5, 5.41) is 2.96. The van der Waals surface area contributed by atoms with Gasteiger partial charge in [0.05, 0.1) is 10.6 Å². The Kier molecular flexibility index (Phi) is 8.28. The number of hydrogen-bond donors (Lipinski definition) is 1. The standard InChI is InChI=1S/C27H32N2O3S/c1-4-23(18-24-11-7-5-8-12-24)19-28-27(30)20-29(25-16-15-21(2)22(3)17-25)33(31,32)26-13-9-6-10-14-26/h5-17,23H,4,18-20H2,1-3H3,(H,28,30). The first-order valence-electron chi connectivity index (χ1n) is 11.3. The van der Waals surface area contributed by atoms with Crippen molar-refractivity contribution in [1.82, 2.24) is 5.32 Å². The number of benzene rings is 3. The summed E-state index contributed by atoms with van der Waals surface area (Å²) in [5.74, 6) is -0.0450. The maximum Gasteiger partial charge on any atom is 0.264 e.